The van der Waals surface area contributed by atoms with Gasteiger partial charge in [0.15, 0.2) is 6.04 Å². The predicted molar refractivity (Wildman–Crippen MR) is 107 cm³/mol. The molecule has 3 N–H and O–H groups in total. The Labute approximate surface area is 172 Å². The average molecular weight is 418 g/mol. The first-order valence-corrected chi connectivity index (χ1v) is 10.6. The fourth-order valence-corrected chi connectivity index (χ4v) is 4.68. The van der Waals surface area contributed by atoms with Crippen LogP contribution in [0.2, 0.25) is 5.02 Å². The highest BCUT2D eigenvalue weighted by molar-refractivity contribution is 7.09. The Balaban J connectivity index is 1.65. The van der Waals surface area contributed by atoms with E-state index in [1.807, 2.05) is 35.0 Å². The summed E-state index contributed by atoms with van der Waals surface area (Å²) in [7, 11) is 0. The highest BCUT2D eigenvalue weighted by atomic mass is 35.5. The molecular formula is C19H22ClN6OS+. The van der Waals surface area contributed by atoms with Crippen LogP contribution in [0.5, 0.6) is 0 Å². The standard InChI is InChI=1S/C19H21ClN6OS/c20-15-5-3-13(4-6-15)17(25-9-7-14(8-10-25)18(21)27)19-22-23-24-26(19)12-16-2-1-11-28-16/h1-6,11,14,17H,7-10,12H2,(H2,21,27)/p+1/t17-/m1/s1. The Morgan fingerprint density at radius 3 is 2.68 bits per heavy atom. The fraction of sp³-hybridized carbons (Fsp3) is 0.368. The Bertz CT molecular complexity index is 918. The molecule has 0 unspecified atom stereocenters. The number of thiophene rings is 1. The number of primary amides is 1. The van der Waals surface area contributed by atoms with Crippen molar-refractivity contribution in [2.45, 2.75) is 25.4 Å². The molecule has 1 fully saturated rings. The average Bonchev–Trinajstić information content (AvgIpc) is 3.37. The number of nitrogens with one attached hydrogen (secondary N) is 1. The van der Waals surface area contributed by atoms with E-state index < -0.39 is 0 Å². The number of amides is 1. The number of likely N-dealkylation sites (tertiary alicyclic amines) is 1. The zero-order valence-corrected chi connectivity index (χ0v) is 16.9. The van der Waals surface area contributed by atoms with E-state index in [2.05, 4.69) is 27.0 Å². The molecule has 0 spiro atoms. The summed E-state index contributed by atoms with van der Waals surface area (Å²) in [5.41, 5.74) is 6.62. The molecule has 28 heavy (non-hydrogen) atoms. The van der Waals surface area contributed by atoms with Crippen molar-refractivity contribution in [3.05, 3.63) is 63.1 Å². The van der Waals surface area contributed by atoms with Gasteiger partial charge in [-0.1, -0.05) is 29.8 Å². The number of carbonyl (C=O) groups excluding carboxylic acids is 1. The minimum atomic E-state index is -0.204. The first-order valence-electron chi connectivity index (χ1n) is 9.29. The van der Waals surface area contributed by atoms with Gasteiger partial charge in [0.05, 0.1) is 19.6 Å². The number of rotatable bonds is 6. The third-order valence-corrected chi connectivity index (χ3v) is 6.46. The molecule has 1 atom stereocenters. The molecule has 1 aliphatic rings. The summed E-state index contributed by atoms with van der Waals surface area (Å²) < 4.78 is 1.87. The lowest BCUT2D eigenvalue weighted by Crippen LogP contribution is -3.13. The smallest absolute Gasteiger partial charge is 0.220 e. The molecule has 1 aromatic carbocycles. The number of aromatic nitrogens is 4. The van der Waals surface area contributed by atoms with E-state index in [1.54, 1.807) is 11.3 Å². The Morgan fingerprint density at radius 2 is 2.04 bits per heavy atom. The lowest BCUT2D eigenvalue weighted by Gasteiger charge is -2.33. The topological polar surface area (TPSA) is 91.1 Å². The van der Waals surface area contributed by atoms with Crippen LogP contribution in [0.1, 0.15) is 35.1 Å². The number of hydrogen-bond donors (Lipinski definition) is 2. The summed E-state index contributed by atoms with van der Waals surface area (Å²) in [6.45, 7) is 2.32. The second kappa shape index (κ2) is 8.38. The van der Waals surface area contributed by atoms with Crippen LogP contribution < -0.4 is 10.6 Å². The number of carbonyl (C=O) groups is 1. The number of benzene rings is 1. The third-order valence-electron chi connectivity index (χ3n) is 5.35. The van der Waals surface area contributed by atoms with Crippen LogP contribution in [0.3, 0.4) is 0 Å². The monoisotopic (exact) mass is 417 g/mol. The Hall–Kier alpha value is -2.29. The maximum Gasteiger partial charge on any atom is 0.220 e. The molecule has 0 radical (unpaired) electrons. The first kappa shape index (κ1) is 19.0. The molecule has 146 valence electrons. The number of nitrogens with two attached hydrogens (primary N) is 1. The number of hydrogen-bond acceptors (Lipinski definition) is 5. The van der Waals surface area contributed by atoms with Crippen molar-refractivity contribution in [1.29, 1.82) is 0 Å². The fourth-order valence-electron chi connectivity index (χ4n) is 3.87. The molecule has 2 aromatic heterocycles. The van der Waals surface area contributed by atoms with Gasteiger partial charge in [0.2, 0.25) is 11.7 Å². The van der Waals surface area contributed by atoms with E-state index in [0.29, 0.717) is 11.6 Å². The van der Waals surface area contributed by atoms with Gasteiger partial charge in [-0.25, -0.2) is 4.68 Å². The number of nitrogens with zero attached hydrogens (tertiary/aromatic N) is 4. The zero-order valence-electron chi connectivity index (χ0n) is 15.3. The van der Waals surface area contributed by atoms with Gasteiger partial charge in [-0.3, -0.25) is 4.79 Å². The zero-order chi connectivity index (χ0) is 19.5. The summed E-state index contributed by atoms with van der Waals surface area (Å²) >= 11 is 7.79. The van der Waals surface area contributed by atoms with Gasteiger partial charge in [-0.2, -0.15) is 0 Å². The predicted octanol–water partition coefficient (Wildman–Crippen LogP) is 1.31. The molecule has 0 saturated carbocycles. The van der Waals surface area contributed by atoms with Crippen LogP contribution in [0.25, 0.3) is 0 Å². The second-order valence-electron chi connectivity index (χ2n) is 7.09. The van der Waals surface area contributed by atoms with Crippen molar-refractivity contribution >= 4 is 28.8 Å². The molecule has 0 bridgehead atoms. The lowest BCUT2D eigenvalue weighted by atomic mass is 9.93. The normalized spacial score (nSPS) is 20.8. The van der Waals surface area contributed by atoms with Crippen molar-refractivity contribution in [3.8, 4) is 0 Å². The maximum absolute atomic E-state index is 11.6. The largest absolute Gasteiger partial charge is 0.369 e. The quantitative estimate of drug-likeness (QED) is 0.632. The highest BCUT2D eigenvalue weighted by Crippen LogP contribution is 2.22. The number of quaternary nitrogens is 1. The molecule has 4 rings (SSSR count). The summed E-state index contributed by atoms with van der Waals surface area (Å²) in [4.78, 5) is 14.1. The molecule has 3 aromatic rings. The van der Waals surface area contributed by atoms with Crippen molar-refractivity contribution in [2.75, 3.05) is 13.1 Å². The highest BCUT2D eigenvalue weighted by Gasteiger charge is 2.36. The Kier molecular flexibility index (Phi) is 5.70. The van der Waals surface area contributed by atoms with Crippen LogP contribution in [-0.4, -0.2) is 39.2 Å². The molecule has 7 nitrogen and oxygen atoms in total. The van der Waals surface area contributed by atoms with Crippen molar-refractivity contribution in [2.24, 2.45) is 11.7 Å². The number of halogens is 1. The van der Waals surface area contributed by atoms with Crippen LogP contribution in [0, 0.1) is 5.92 Å². The molecule has 1 amide bonds. The summed E-state index contributed by atoms with van der Waals surface area (Å²) in [5, 5.41) is 15.3. The van der Waals surface area contributed by atoms with E-state index in [0.717, 1.165) is 37.3 Å². The van der Waals surface area contributed by atoms with E-state index in [-0.39, 0.29) is 17.9 Å². The van der Waals surface area contributed by atoms with Gasteiger partial charge >= 0.3 is 0 Å². The minimum absolute atomic E-state index is 0.0268. The van der Waals surface area contributed by atoms with Gasteiger partial charge in [-0.15, -0.1) is 16.4 Å². The Morgan fingerprint density at radius 1 is 1.29 bits per heavy atom. The second-order valence-corrected chi connectivity index (χ2v) is 8.56. The molecule has 1 aliphatic heterocycles. The summed E-state index contributed by atoms with van der Waals surface area (Å²) in [6, 6.07) is 11.9. The maximum atomic E-state index is 11.6. The van der Waals surface area contributed by atoms with Gasteiger partial charge in [0, 0.05) is 34.2 Å². The SMILES string of the molecule is NC(=O)C1CC[NH+]([C@H](c2ccc(Cl)cc2)c2nnnn2Cc2cccs2)CC1. The van der Waals surface area contributed by atoms with E-state index in [4.69, 9.17) is 17.3 Å². The van der Waals surface area contributed by atoms with Crippen LogP contribution >= 0.6 is 22.9 Å². The molecule has 1 saturated heterocycles. The van der Waals surface area contributed by atoms with E-state index in [1.165, 1.54) is 9.78 Å². The van der Waals surface area contributed by atoms with Crippen LogP contribution in [-0.2, 0) is 11.3 Å². The van der Waals surface area contributed by atoms with Crippen molar-refractivity contribution in [1.82, 2.24) is 20.2 Å². The van der Waals surface area contributed by atoms with Gasteiger partial charge in [0.25, 0.3) is 0 Å². The van der Waals surface area contributed by atoms with Crippen molar-refractivity contribution in [3.63, 3.8) is 0 Å². The minimum Gasteiger partial charge on any atom is -0.369 e. The first-order chi connectivity index (χ1) is 13.6. The van der Waals surface area contributed by atoms with Gasteiger partial charge in [0.1, 0.15) is 0 Å². The summed E-state index contributed by atoms with van der Waals surface area (Å²) in [6.07, 6.45) is 1.56. The third kappa shape index (κ3) is 4.09. The molecule has 9 heteroatoms. The lowest BCUT2D eigenvalue weighted by molar-refractivity contribution is -0.931. The van der Waals surface area contributed by atoms with Gasteiger partial charge < -0.3 is 10.6 Å². The molecule has 0 aliphatic carbocycles. The van der Waals surface area contributed by atoms with Crippen LogP contribution in [0.4, 0.5) is 0 Å². The van der Waals surface area contributed by atoms with Crippen molar-refractivity contribution < 1.29 is 9.69 Å². The van der Waals surface area contributed by atoms with E-state index in [9.17, 15) is 4.79 Å². The van der Waals surface area contributed by atoms with Crippen LogP contribution in [0.15, 0.2) is 41.8 Å². The van der Waals surface area contributed by atoms with E-state index >= 15 is 0 Å². The number of tetrazole rings is 1. The summed E-state index contributed by atoms with van der Waals surface area (Å²) in [5.74, 6) is 0.574. The molecular weight excluding hydrogens is 396 g/mol. The van der Waals surface area contributed by atoms with Gasteiger partial charge in [-0.05, 0) is 34.0 Å². The number of piperidine rings is 1. The molecule has 3 heterocycles.